The van der Waals surface area contributed by atoms with Gasteiger partial charge in [0.05, 0.1) is 19.3 Å². The highest BCUT2D eigenvalue weighted by Gasteiger charge is 2.17. The Bertz CT molecular complexity index is 782. The number of nitrogens with zero attached hydrogens (tertiary/aromatic N) is 2. The van der Waals surface area contributed by atoms with Crippen molar-refractivity contribution in [1.29, 1.82) is 0 Å². The van der Waals surface area contributed by atoms with Gasteiger partial charge in [-0.05, 0) is 18.2 Å². The normalized spacial score (nSPS) is 10.7. The smallest absolute Gasteiger partial charge is 0.263 e. The summed E-state index contributed by atoms with van der Waals surface area (Å²) in [5.41, 5.74) is 6.50. The number of carbonyl (C=O) groups is 1. The van der Waals surface area contributed by atoms with E-state index in [0.29, 0.717) is 16.4 Å². The first-order valence-electron chi connectivity index (χ1n) is 6.08. The fraction of sp³-hybridized carbons (Fsp3) is 0.154. The van der Waals surface area contributed by atoms with Crippen molar-refractivity contribution in [3.8, 4) is 5.75 Å². The van der Waals surface area contributed by atoms with Gasteiger partial charge in [-0.1, -0.05) is 5.16 Å². The molecule has 1 amide bonds. The number of carbonyl (C=O) groups excluding carboxylic acids is 1. The van der Waals surface area contributed by atoms with Gasteiger partial charge < -0.3 is 20.3 Å². The van der Waals surface area contributed by atoms with E-state index in [0.717, 1.165) is 15.8 Å². The molecular formula is C13H12N4O3S. The van der Waals surface area contributed by atoms with Gasteiger partial charge in [-0.15, -0.1) is 11.3 Å². The molecule has 0 unspecified atom stereocenters. The molecular weight excluding hydrogens is 292 g/mol. The molecule has 3 aromatic rings. The highest BCUT2D eigenvalue weighted by molar-refractivity contribution is 7.21. The second-order valence-electron chi connectivity index (χ2n) is 4.24. The van der Waals surface area contributed by atoms with Crippen LogP contribution in [0.2, 0.25) is 0 Å². The zero-order valence-corrected chi connectivity index (χ0v) is 11.9. The molecule has 0 spiro atoms. The van der Waals surface area contributed by atoms with Crippen molar-refractivity contribution >= 4 is 33.0 Å². The Morgan fingerprint density at radius 2 is 2.38 bits per heavy atom. The third-order valence-electron chi connectivity index (χ3n) is 2.96. The Morgan fingerprint density at radius 3 is 3.10 bits per heavy atom. The van der Waals surface area contributed by atoms with Crippen molar-refractivity contribution in [3.63, 3.8) is 0 Å². The molecule has 1 aromatic carbocycles. The number of nitrogen functional groups attached to an aromatic ring is 1. The molecule has 21 heavy (non-hydrogen) atoms. The summed E-state index contributed by atoms with van der Waals surface area (Å²) in [6, 6.07) is 5.51. The highest BCUT2D eigenvalue weighted by atomic mass is 32.1. The van der Waals surface area contributed by atoms with Crippen LogP contribution in [-0.4, -0.2) is 23.2 Å². The number of hydrogen-bond acceptors (Lipinski definition) is 7. The van der Waals surface area contributed by atoms with E-state index < -0.39 is 0 Å². The fourth-order valence-electron chi connectivity index (χ4n) is 1.90. The number of nitrogens with one attached hydrogen (secondary N) is 1. The largest absolute Gasteiger partial charge is 0.497 e. The summed E-state index contributed by atoms with van der Waals surface area (Å²) in [7, 11) is 1.59. The molecule has 0 bridgehead atoms. The summed E-state index contributed by atoms with van der Waals surface area (Å²) in [5.74, 6) is 0.865. The molecule has 0 aliphatic heterocycles. The van der Waals surface area contributed by atoms with Gasteiger partial charge in [0.15, 0.2) is 5.82 Å². The molecule has 0 atom stereocenters. The Hall–Kier alpha value is -2.61. The Labute approximate surface area is 123 Å². The fourth-order valence-corrected chi connectivity index (χ4v) is 2.97. The molecule has 0 aliphatic carbocycles. The van der Waals surface area contributed by atoms with Crippen LogP contribution in [0.1, 0.15) is 15.5 Å². The van der Waals surface area contributed by atoms with E-state index in [1.165, 1.54) is 17.7 Å². The Kier molecular flexibility index (Phi) is 3.44. The molecule has 108 valence electrons. The van der Waals surface area contributed by atoms with Gasteiger partial charge in [-0.25, -0.2) is 0 Å². The van der Waals surface area contributed by atoms with Crippen LogP contribution < -0.4 is 15.8 Å². The monoisotopic (exact) mass is 304 g/mol. The van der Waals surface area contributed by atoms with Crippen LogP contribution >= 0.6 is 11.3 Å². The van der Waals surface area contributed by atoms with Crippen molar-refractivity contribution in [2.75, 3.05) is 12.8 Å². The molecule has 2 heterocycles. The lowest BCUT2D eigenvalue weighted by atomic mass is 10.2. The third kappa shape index (κ3) is 2.52. The zero-order valence-electron chi connectivity index (χ0n) is 11.1. The van der Waals surface area contributed by atoms with Crippen molar-refractivity contribution < 1.29 is 14.1 Å². The zero-order chi connectivity index (χ0) is 14.8. The number of amides is 1. The molecule has 3 N–H and O–H groups in total. The molecule has 3 rings (SSSR count). The summed E-state index contributed by atoms with van der Waals surface area (Å²) >= 11 is 1.32. The minimum Gasteiger partial charge on any atom is -0.497 e. The van der Waals surface area contributed by atoms with Gasteiger partial charge in [-0.3, -0.25) is 4.79 Å². The van der Waals surface area contributed by atoms with Crippen LogP contribution in [0.5, 0.6) is 5.75 Å². The second-order valence-corrected chi connectivity index (χ2v) is 5.29. The predicted molar refractivity (Wildman–Crippen MR) is 78.3 cm³/mol. The van der Waals surface area contributed by atoms with Gasteiger partial charge in [0, 0.05) is 10.1 Å². The number of thiophene rings is 1. The van der Waals surface area contributed by atoms with E-state index >= 15 is 0 Å². The number of ether oxygens (including phenoxy) is 1. The van der Waals surface area contributed by atoms with Crippen molar-refractivity contribution in [2.45, 2.75) is 6.54 Å². The summed E-state index contributed by atoms with van der Waals surface area (Å²) in [4.78, 5) is 16.5. The number of benzene rings is 1. The Balaban J connectivity index is 1.85. The number of hydrogen-bond donors (Lipinski definition) is 2. The maximum absolute atomic E-state index is 12.2. The van der Waals surface area contributed by atoms with E-state index in [1.807, 2.05) is 18.2 Å². The Morgan fingerprint density at radius 1 is 1.52 bits per heavy atom. The first kappa shape index (κ1) is 13.4. The average Bonchev–Trinajstić information content (AvgIpc) is 3.12. The standard InChI is InChI=1S/C13H12N4O3S/c1-19-7-2-3-8-9(4-7)21-12(11(8)14)13(18)15-5-10-16-6-20-17-10/h2-4,6H,5,14H2,1H3,(H,15,18). The van der Waals surface area contributed by atoms with Gasteiger partial charge >= 0.3 is 0 Å². The predicted octanol–water partition coefficient (Wildman–Crippen LogP) is 1.81. The van der Waals surface area contributed by atoms with Crippen LogP contribution in [0.15, 0.2) is 29.1 Å². The van der Waals surface area contributed by atoms with Crippen LogP contribution in [0.3, 0.4) is 0 Å². The van der Waals surface area contributed by atoms with E-state index in [2.05, 4.69) is 20.0 Å². The van der Waals surface area contributed by atoms with Crippen LogP contribution in [0, 0.1) is 0 Å². The first-order chi connectivity index (χ1) is 10.2. The number of methoxy groups -OCH3 is 1. The van der Waals surface area contributed by atoms with Crippen LogP contribution in [0.4, 0.5) is 5.69 Å². The van der Waals surface area contributed by atoms with E-state index in [9.17, 15) is 4.79 Å². The highest BCUT2D eigenvalue weighted by Crippen LogP contribution is 2.35. The third-order valence-corrected chi connectivity index (χ3v) is 4.12. The summed E-state index contributed by atoms with van der Waals surface area (Å²) < 4.78 is 10.7. The molecule has 2 aromatic heterocycles. The van der Waals surface area contributed by atoms with Crippen LogP contribution in [-0.2, 0) is 6.54 Å². The maximum Gasteiger partial charge on any atom is 0.263 e. The quantitative estimate of drug-likeness (QED) is 0.762. The number of anilines is 1. The van der Waals surface area contributed by atoms with E-state index in [4.69, 9.17) is 10.5 Å². The SMILES string of the molecule is COc1ccc2c(N)c(C(=O)NCc3ncon3)sc2c1. The first-order valence-corrected chi connectivity index (χ1v) is 6.90. The minimum atomic E-state index is -0.266. The number of rotatable bonds is 4. The van der Waals surface area contributed by atoms with Crippen molar-refractivity contribution in [3.05, 3.63) is 35.3 Å². The summed E-state index contributed by atoms with van der Waals surface area (Å²) in [6.07, 6.45) is 1.21. The maximum atomic E-state index is 12.2. The molecule has 7 nitrogen and oxygen atoms in total. The summed E-state index contributed by atoms with van der Waals surface area (Å²) in [6.45, 7) is 0.187. The molecule has 0 saturated heterocycles. The second kappa shape index (κ2) is 5.41. The lowest BCUT2D eigenvalue weighted by molar-refractivity contribution is 0.0954. The molecule has 0 saturated carbocycles. The van der Waals surface area contributed by atoms with Crippen LogP contribution in [0.25, 0.3) is 10.1 Å². The van der Waals surface area contributed by atoms with Gasteiger partial charge in [0.1, 0.15) is 10.6 Å². The van der Waals surface area contributed by atoms with Gasteiger partial charge in [0.25, 0.3) is 5.91 Å². The number of nitrogens with two attached hydrogens (primary N) is 1. The lowest BCUT2D eigenvalue weighted by Crippen LogP contribution is -2.23. The van der Waals surface area contributed by atoms with Gasteiger partial charge in [-0.2, -0.15) is 4.98 Å². The minimum absolute atomic E-state index is 0.187. The molecule has 0 aliphatic rings. The van der Waals surface area contributed by atoms with Gasteiger partial charge in [0.2, 0.25) is 6.39 Å². The van der Waals surface area contributed by atoms with E-state index in [1.54, 1.807) is 7.11 Å². The molecule has 8 heteroatoms. The topological polar surface area (TPSA) is 103 Å². The number of aromatic nitrogens is 2. The molecule has 0 radical (unpaired) electrons. The van der Waals surface area contributed by atoms with Crippen molar-refractivity contribution in [2.24, 2.45) is 0 Å². The van der Waals surface area contributed by atoms with E-state index in [-0.39, 0.29) is 12.5 Å². The lowest BCUT2D eigenvalue weighted by Gasteiger charge is -2.01. The molecule has 0 fully saturated rings. The van der Waals surface area contributed by atoms with Crippen molar-refractivity contribution in [1.82, 2.24) is 15.5 Å². The average molecular weight is 304 g/mol. The number of fused-ring (bicyclic) bond motifs is 1. The summed E-state index contributed by atoms with van der Waals surface area (Å²) in [5, 5.41) is 7.17.